The van der Waals surface area contributed by atoms with Gasteiger partial charge in [0.05, 0.1) is 17.7 Å². The number of pyridine rings is 1. The van der Waals surface area contributed by atoms with Crippen LogP contribution in [0.2, 0.25) is 0 Å². The van der Waals surface area contributed by atoms with Crippen LogP contribution in [0.4, 0.5) is 4.79 Å². The average Bonchev–Trinajstić information content (AvgIpc) is 2.84. The summed E-state index contributed by atoms with van der Waals surface area (Å²) in [5, 5.41) is 2.94. The van der Waals surface area contributed by atoms with Gasteiger partial charge in [0.2, 0.25) is 5.91 Å². The molecule has 0 saturated carbocycles. The minimum absolute atomic E-state index is 0.0549. The van der Waals surface area contributed by atoms with E-state index in [0.717, 1.165) is 43.7 Å². The maximum atomic E-state index is 13.1. The van der Waals surface area contributed by atoms with Crippen molar-refractivity contribution in [1.82, 2.24) is 20.1 Å². The quantitative estimate of drug-likeness (QED) is 0.915. The largest absolute Gasteiger partial charge is 0.336 e. The van der Waals surface area contributed by atoms with Gasteiger partial charge in [-0.3, -0.25) is 9.78 Å². The van der Waals surface area contributed by atoms with Crippen molar-refractivity contribution in [3.05, 3.63) is 29.6 Å². The molecule has 0 bridgehead atoms. The fraction of sp³-hybridized carbons (Fsp3) is 0.632. The molecular formula is C19H28N4O2. The Labute approximate surface area is 149 Å². The third-order valence-corrected chi connectivity index (χ3v) is 5.18. The Morgan fingerprint density at radius 3 is 2.84 bits per heavy atom. The van der Waals surface area contributed by atoms with E-state index in [0.29, 0.717) is 13.1 Å². The van der Waals surface area contributed by atoms with E-state index >= 15 is 0 Å². The molecule has 1 unspecified atom stereocenters. The normalized spacial score (nSPS) is 23.6. The Morgan fingerprint density at radius 1 is 1.32 bits per heavy atom. The highest BCUT2D eigenvalue weighted by Gasteiger charge is 2.49. The van der Waals surface area contributed by atoms with Crippen LogP contribution in [0.1, 0.15) is 44.5 Å². The van der Waals surface area contributed by atoms with Crippen molar-refractivity contribution in [3.8, 4) is 0 Å². The molecule has 1 aromatic heterocycles. The molecule has 0 aromatic carbocycles. The average molecular weight is 344 g/mol. The molecule has 6 nitrogen and oxygen atoms in total. The van der Waals surface area contributed by atoms with Crippen LogP contribution in [-0.4, -0.2) is 52.4 Å². The van der Waals surface area contributed by atoms with E-state index in [9.17, 15) is 9.59 Å². The number of likely N-dealkylation sites (tertiary alicyclic amines) is 2. The number of piperidine rings is 1. The number of aryl methyl sites for hydroxylation is 1. The Kier molecular flexibility index (Phi) is 4.97. The molecule has 6 heteroatoms. The first kappa shape index (κ1) is 17.7. The van der Waals surface area contributed by atoms with Gasteiger partial charge in [-0.25, -0.2) is 4.79 Å². The summed E-state index contributed by atoms with van der Waals surface area (Å²) < 4.78 is 0. The smallest absolute Gasteiger partial charge is 0.317 e. The molecule has 2 aliphatic rings. The first-order chi connectivity index (χ1) is 11.9. The molecule has 2 aliphatic heterocycles. The molecule has 25 heavy (non-hydrogen) atoms. The SMILES string of the molecule is Cc1cccc(CN2CCC3(CCCN(C(=O)NC(C)C)C3)C2=O)n1. The lowest BCUT2D eigenvalue weighted by Crippen LogP contribution is -2.53. The summed E-state index contributed by atoms with van der Waals surface area (Å²) in [6.45, 7) is 8.43. The van der Waals surface area contributed by atoms with Crippen LogP contribution >= 0.6 is 0 Å². The second kappa shape index (κ2) is 7.02. The first-order valence-electron chi connectivity index (χ1n) is 9.17. The highest BCUT2D eigenvalue weighted by molar-refractivity contribution is 5.86. The van der Waals surface area contributed by atoms with Crippen LogP contribution in [0.15, 0.2) is 18.2 Å². The van der Waals surface area contributed by atoms with Crippen LogP contribution in [-0.2, 0) is 11.3 Å². The lowest BCUT2D eigenvalue weighted by molar-refractivity contribution is -0.138. The van der Waals surface area contributed by atoms with E-state index in [1.807, 2.05) is 48.8 Å². The topological polar surface area (TPSA) is 65.5 Å². The molecule has 0 radical (unpaired) electrons. The number of hydrogen-bond acceptors (Lipinski definition) is 3. The van der Waals surface area contributed by atoms with Crippen molar-refractivity contribution in [2.75, 3.05) is 19.6 Å². The van der Waals surface area contributed by atoms with Gasteiger partial charge >= 0.3 is 6.03 Å². The van der Waals surface area contributed by atoms with Gasteiger partial charge in [0.25, 0.3) is 0 Å². The molecule has 3 amide bonds. The molecule has 2 saturated heterocycles. The van der Waals surface area contributed by atoms with Crippen molar-refractivity contribution >= 4 is 11.9 Å². The number of nitrogens with zero attached hydrogens (tertiary/aromatic N) is 3. The lowest BCUT2D eigenvalue weighted by atomic mass is 9.78. The molecule has 1 aromatic rings. The minimum atomic E-state index is -0.406. The van der Waals surface area contributed by atoms with Crippen LogP contribution in [0.25, 0.3) is 0 Å². The molecule has 2 fully saturated rings. The van der Waals surface area contributed by atoms with E-state index in [-0.39, 0.29) is 18.0 Å². The van der Waals surface area contributed by atoms with Gasteiger partial charge in [0.1, 0.15) is 0 Å². The van der Waals surface area contributed by atoms with E-state index in [1.54, 1.807) is 0 Å². The summed E-state index contributed by atoms with van der Waals surface area (Å²) in [7, 11) is 0. The first-order valence-corrected chi connectivity index (χ1v) is 9.17. The zero-order valence-electron chi connectivity index (χ0n) is 15.4. The second-order valence-electron chi connectivity index (χ2n) is 7.66. The van der Waals surface area contributed by atoms with Crippen molar-refractivity contribution in [1.29, 1.82) is 0 Å². The zero-order chi connectivity index (χ0) is 18.0. The second-order valence-corrected chi connectivity index (χ2v) is 7.66. The van der Waals surface area contributed by atoms with Crippen LogP contribution in [0.5, 0.6) is 0 Å². The number of amides is 3. The van der Waals surface area contributed by atoms with Gasteiger partial charge in [-0.05, 0) is 52.2 Å². The number of nitrogens with one attached hydrogen (secondary N) is 1. The number of urea groups is 1. The van der Waals surface area contributed by atoms with Crippen LogP contribution in [0, 0.1) is 12.3 Å². The predicted molar refractivity (Wildman–Crippen MR) is 95.9 cm³/mol. The maximum absolute atomic E-state index is 13.1. The highest BCUT2D eigenvalue weighted by atomic mass is 16.2. The van der Waals surface area contributed by atoms with Crippen molar-refractivity contribution in [3.63, 3.8) is 0 Å². The lowest BCUT2D eigenvalue weighted by Gasteiger charge is -2.39. The van der Waals surface area contributed by atoms with Gasteiger partial charge in [0.15, 0.2) is 0 Å². The van der Waals surface area contributed by atoms with Gasteiger partial charge < -0.3 is 15.1 Å². The van der Waals surface area contributed by atoms with Crippen LogP contribution < -0.4 is 5.32 Å². The predicted octanol–water partition coefficient (Wildman–Crippen LogP) is 2.32. The van der Waals surface area contributed by atoms with Crippen molar-refractivity contribution in [2.24, 2.45) is 5.41 Å². The third kappa shape index (κ3) is 3.78. The summed E-state index contributed by atoms with van der Waals surface area (Å²) in [5.74, 6) is 0.179. The molecule has 1 atom stereocenters. The van der Waals surface area contributed by atoms with E-state index < -0.39 is 5.41 Å². The van der Waals surface area contributed by atoms with Crippen molar-refractivity contribution < 1.29 is 9.59 Å². The number of hydrogen-bond donors (Lipinski definition) is 1. The minimum Gasteiger partial charge on any atom is -0.336 e. The van der Waals surface area contributed by atoms with E-state index in [1.165, 1.54) is 0 Å². The highest BCUT2D eigenvalue weighted by Crippen LogP contribution is 2.40. The summed E-state index contributed by atoms with van der Waals surface area (Å²) in [4.78, 5) is 33.7. The molecule has 3 rings (SSSR count). The van der Waals surface area contributed by atoms with E-state index in [2.05, 4.69) is 10.3 Å². The molecule has 0 aliphatic carbocycles. The van der Waals surface area contributed by atoms with Crippen LogP contribution in [0.3, 0.4) is 0 Å². The van der Waals surface area contributed by atoms with Gasteiger partial charge in [0, 0.05) is 31.4 Å². The molecular weight excluding hydrogens is 316 g/mol. The Hall–Kier alpha value is -2.11. The number of aromatic nitrogens is 1. The molecule has 3 heterocycles. The molecule has 136 valence electrons. The summed E-state index contributed by atoms with van der Waals surface area (Å²) in [6.07, 6.45) is 2.58. The Morgan fingerprint density at radius 2 is 2.12 bits per heavy atom. The standard InChI is InChI=1S/C19H28N4O2/c1-14(2)20-18(25)23-10-5-8-19(13-23)9-11-22(17(19)24)12-16-7-4-6-15(3)21-16/h4,6-7,14H,5,8-13H2,1-3H3,(H,20,25). The Balaban J connectivity index is 1.68. The fourth-order valence-electron chi connectivity index (χ4n) is 3.95. The molecule has 1 N–H and O–H groups in total. The summed E-state index contributed by atoms with van der Waals surface area (Å²) >= 11 is 0. The van der Waals surface area contributed by atoms with Gasteiger partial charge in [-0.2, -0.15) is 0 Å². The summed E-state index contributed by atoms with van der Waals surface area (Å²) in [5.41, 5.74) is 1.49. The zero-order valence-corrected chi connectivity index (χ0v) is 15.4. The van der Waals surface area contributed by atoms with Gasteiger partial charge in [-0.15, -0.1) is 0 Å². The monoisotopic (exact) mass is 344 g/mol. The molecule has 1 spiro atoms. The summed E-state index contributed by atoms with van der Waals surface area (Å²) in [6, 6.07) is 5.96. The number of carbonyl (C=O) groups excluding carboxylic acids is 2. The Bertz CT molecular complexity index is 661. The van der Waals surface area contributed by atoms with Crippen molar-refractivity contribution in [2.45, 2.75) is 52.6 Å². The van der Waals surface area contributed by atoms with E-state index in [4.69, 9.17) is 0 Å². The maximum Gasteiger partial charge on any atom is 0.317 e. The third-order valence-electron chi connectivity index (χ3n) is 5.18. The number of rotatable bonds is 3. The fourth-order valence-corrected chi connectivity index (χ4v) is 3.95. The van der Waals surface area contributed by atoms with Gasteiger partial charge in [-0.1, -0.05) is 6.07 Å². The number of carbonyl (C=O) groups is 2.